The fourth-order valence-corrected chi connectivity index (χ4v) is 8.61. The summed E-state index contributed by atoms with van der Waals surface area (Å²) in [6, 6.07) is 32.1. The number of aliphatic hydroxyl groups is 1. The van der Waals surface area contributed by atoms with E-state index < -0.39 is 0 Å². The second-order valence-corrected chi connectivity index (χ2v) is 13.7. The number of ketones is 1. The fourth-order valence-electron chi connectivity index (χ4n) is 6.07. The Morgan fingerprint density at radius 1 is 0.826 bits per heavy atom. The summed E-state index contributed by atoms with van der Waals surface area (Å²) >= 11 is 3.76. The Morgan fingerprint density at radius 3 is 2.22 bits per heavy atom. The minimum absolute atomic E-state index is 0. The number of allylic oxidation sites excluding steroid dienone is 2. The third-order valence-corrected chi connectivity index (χ3v) is 10.3. The number of hydrogen-bond donors (Lipinski definition) is 1. The fraction of sp³-hybridized carbons (Fsp3) is 0.150. The van der Waals surface area contributed by atoms with Crippen molar-refractivity contribution in [2.24, 2.45) is 0 Å². The van der Waals surface area contributed by atoms with Gasteiger partial charge in [0.2, 0.25) is 0 Å². The maximum atomic E-state index is 10.0. The van der Waals surface area contributed by atoms with Crippen molar-refractivity contribution in [3.05, 3.63) is 125 Å². The van der Waals surface area contributed by atoms with Crippen LogP contribution in [0.4, 0.5) is 0 Å². The van der Waals surface area contributed by atoms with Gasteiger partial charge in [-0.3, -0.25) is 4.79 Å². The van der Waals surface area contributed by atoms with Crippen LogP contribution in [0, 0.1) is 33.8 Å². The zero-order chi connectivity index (χ0) is 31.8. The molecule has 46 heavy (non-hydrogen) atoms. The Balaban J connectivity index is 0.000000471. The number of thiophene rings is 2. The first-order valence-corrected chi connectivity index (χ1v) is 16.5. The van der Waals surface area contributed by atoms with Crippen LogP contribution in [0.3, 0.4) is 0 Å². The SMILES string of the molecule is CC(=O)/C=C(/C)O.Cc1[c-]c(-c2ncc(-c3ccccc3)c3cc(-c4c(C)cc5c(sc6ccccc65)c4C)sc23)cc(C)c1.[Ir]. The Labute approximate surface area is 291 Å². The Hall–Kier alpha value is -3.93. The van der Waals surface area contributed by atoms with E-state index in [9.17, 15) is 4.79 Å². The number of aromatic nitrogens is 1. The van der Waals surface area contributed by atoms with Gasteiger partial charge in [0.05, 0.1) is 5.76 Å². The average Bonchev–Trinajstić information content (AvgIpc) is 3.59. The minimum atomic E-state index is -0.125. The van der Waals surface area contributed by atoms with E-state index in [-0.39, 0.29) is 31.6 Å². The van der Waals surface area contributed by atoms with Crippen molar-refractivity contribution < 1.29 is 30.0 Å². The van der Waals surface area contributed by atoms with Crippen molar-refractivity contribution in [1.29, 1.82) is 0 Å². The van der Waals surface area contributed by atoms with E-state index >= 15 is 0 Å². The second-order valence-electron chi connectivity index (χ2n) is 11.6. The van der Waals surface area contributed by atoms with Gasteiger partial charge < -0.3 is 10.1 Å². The number of carbonyl (C=O) groups excluding carboxylic acids is 1. The van der Waals surface area contributed by atoms with Crippen LogP contribution in [0.2, 0.25) is 0 Å². The number of benzene rings is 4. The van der Waals surface area contributed by atoms with Gasteiger partial charge in [0, 0.05) is 73.4 Å². The zero-order valence-electron chi connectivity index (χ0n) is 26.6. The van der Waals surface area contributed by atoms with E-state index in [4.69, 9.17) is 10.1 Å². The normalized spacial score (nSPS) is 11.4. The number of hydrogen-bond acceptors (Lipinski definition) is 5. The molecule has 0 atom stereocenters. The number of pyridine rings is 1. The first-order valence-electron chi connectivity index (χ1n) is 14.9. The van der Waals surface area contributed by atoms with Crippen LogP contribution >= 0.6 is 22.7 Å². The number of nitrogens with zero attached hydrogens (tertiary/aromatic N) is 1. The third-order valence-electron chi connectivity index (χ3n) is 7.81. The molecule has 4 aromatic carbocycles. The van der Waals surface area contributed by atoms with Crippen LogP contribution < -0.4 is 0 Å². The molecular formula is C40H34IrNO2S2-. The van der Waals surface area contributed by atoms with Crippen LogP contribution in [0.1, 0.15) is 36.1 Å². The standard InChI is InChI=1S/C35H26NS2.C5H8O2.Ir/c1-20-14-21(2)16-25(15-20)33-35-28(29(19-36-33)24-10-6-5-7-11-24)18-31(38-35)32-22(3)17-27-26-12-8-9-13-30(26)37-34(27)23(32)4;1-4(6)3-5(2)7;/h5-15,17-19H,1-4H3;3,6H,1-2H3;/q-1;;/b;4-3-;. The van der Waals surface area contributed by atoms with Crippen molar-refractivity contribution in [2.45, 2.75) is 41.5 Å². The Kier molecular flexibility index (Phi) is 10.0. The summed E-state index contributed by atoms with van der Waals surface area (Å²) in [4.78, 5) is 16.4. The molecule has 0 bridgehead atoms. The predicted octanol–water partition coefficient (Wildman–Crippen LogP) is 11.7. The molecule has 0 saturated carbocycles. The van der Waals surface area contributed by atoms with Gasteiger partial charge in [-0.2, -0.15) is 0 Å². The molecule has 1 N–H and O–H groups in total. The van der Waals surface area contributed by atoms with E-state index in [1.165, 1.54) is 88.4 Å². The molecule has 3 heterocycles. The van der Waals surface area contributed by atoms with E-state index in [2.05, 4.69) is 113 Å². The molecule has 0 aliphatic rings. The summed E-state index contributed by atoms with van der Waals surface area (Å²) in [5.41, 5.74) is 10.8. The van der Waals surface area contributed by atoms with Crippen molar-refractivity contribution in [3.8, 4) is 32.8 Å². The number of aliphatic hydroxyl groups excluding tert-OH is 1. The van der Waals surface area contributed by atoms with Gasteiger partial charge in [-0.05, 0) is 73.5 Å². The molecule has 0 fully saturated rings. The molecule has 7 aromatic rings. The van der Waals surface area contributed by atoms with E-state index in [0.717, 1.165) is 16.8 Å². The number of fused-ring (bicyclic) bond motifs is 4. The summed E-state index contributed by atoms with van der Waals surface area (Å²) in [7, 11) is 0. The Morgan fingerprint density at radius 2 is 1.54 bits per heavy atom. The largest absolute Gasteiger partial charge is 0.512 e. The van der Waals surface area contributed by atoms with Crippen molar-refractivity contribution in [1.82, 2.24) is 4.98 Å². The molecule has 233 valence electrons. The second kappa shape index (κ2) is 13.8. The summed E-state index contributed by atoms with van der Waals surface area (Å²) in [6.45, 7) is 11.7. The molecular weight excluding hydrogens is 783 g/mol. The molecule has 3 nitrogen and oxygen atoms in total. The van der Waals surface area contributed by atoms with Crippen molar-refractivity contribution in [3.63, 3.8) is 0 Å². The Bertz CT molecular complexity index is 2240. The molecule has 3 aromatic heterocycles. The van der Waals surface area contributed by atoms with Gasteiger partial charge in [-0.25, -0.2) is 0 Å². The molecule has 0 aliphatic heterocycles. The first kappa shape index (κ1) is 33.4. The number of carbonyl (C=O) groups is 1. The molecule has 7 rings (SSSR count). The minimum Gasteiger partial charge on any atom is -0.512 e. The number of rotatable bonds is 4. The van der Waals surface area contributed by atoms with E-state index in [1.54, 1.807) is 0 Å². The molecule has 1 radical (unpaired) electrons. The van der Waals surface area contributed by atoms with Gasteiger partial charge in [0.15, 0.2) is 5.78 Å². The van der Waals surface area contributed by atoms with E-state index in [0.29, 0.717) is 0 Å². The summed E-state index contributed by atoms with van der Waals surface area (Å²) < 4.78 is 3.95. The van der Waals surface area contributed by atoms with Crippen LogP contribution in [0.25, 0.3) is 63.1 Å². The van der Waals surface area contributed by atoms with Gasteiger partial charge in [0.1, 0.15) is 0 Å². The first-order chi connectivity index (χ1) is 21.6. The van der Waals surface area contributed by atoms with Crippen molar-refractivity contribution in [2.75, 3.05) is 0 Å². The van der Waals surface area contributed by atoms with Gasteiger partial charge in [0.25, 0.3) is 0 Å². The summed E-state index contributed by atoms with van der Waals surface area (Å²) in [5.74, 6) is -0.0625. The van der Waals surface area contributed by atoms with Crippen LogP contribution in [0.15, 0.2) is 96.9 Å². The third kappa shape index (κ3) is 6.63. The van der Waals surface area contributed by atoms with E-state index in [1.807, 2.05) is 28.9 Å². The van der Waals surface area contributed by atoms with Gasteiger partial charge >= 0.3 is 0 Å². The summed E-state index contributed by atoms with van der Waals surface area (Å²) in [5, 5.41) is 12.3. The smallest absolute Gasteiger partial charge is 0.155 e. The van der Waals surface area contributed by atoms with Crippen LogP contribution in [0.5, 0.6) is 0 Å². The van der Waals surface area contributed by atoms with Gasteiger partial charge in [-0.1, -0.05) is 62.4 Å². The van der Waals surface area contributed by atoms with Crippen molar-refractivity contribution >= 4 is 58.7 Å². The summed E-state index contributed by atoms with van der Waals surface area (Å²) in [6.07, 6.45) is 3.21. The molecule has 0 aliphatic carbocycles. The average molecular weight is 817 g/mol. The maximum absolute atomic E-state index is 10.0. The monoisotopic (exact) mass is 817 g/mol. The molecule has 6 heteroatoms. The van der Waals surface area contributed by atoms with Crippen LogP contribution in [-0.4, -0.2) is 15.9 Å². The maximum Gasteiger partial charge on any atom is 0.155 e. The van der Waals surface area contributed by atoms with Gasteiger partial charge in [-0.15, -0.1) is 57.6 Å². The quantitative estimate of drug-likeness (QED) is 0.109. The zero-order valence-corrected chi connectivity index (χ0v) is 30.6. The molecule has 0 spiro atoms. The molecule has 0 amide bonds. The van der Waals surface area contributed by atoms with Crippen LogP contribution in [-0.2, 0) is 24.9 Å². The number of aryl methyl sites for hydroxylation is 4. The topological polar surface area (TPSA) is 50.2 Å². The molecule has 0 saturated heterocycles. The predicted molar refractivity (Wildman–Crippen MR) is 194 cm³/mol. The molecule has 0 unspecified atom stereocenters.